The van der Waals surface area contributed by atoms with Gasteiger partial charge in [0.1, 0.15) is 11.5 Å². The van der Waals surface area contributed by atoms with Crippen LogP contribution in [0, 0.1) is 6.92 Å². The van der Waals surface area contributed by atoms with Crippen LogP contribution in [-0.2, 0) is 0 Å². The Morgan fingerprint density at radius 3 is 3.05 bits per heavy atom. The van der Waals surface area contributed by atoms with Crippen LogP contribution in [0.5, 0.6) is 0 Å². The van der Waals surface area contributed by atoms with E-state index in [-0.39, 0.29) is 0 Å². The van der Waals surface area contributed by atoms with Gasteiger partial charge in [-0.05, 0) is 31.9 Å². The Labute approximate surface area is 121 Å². The molecular formula is C15H15N3OS. The second-order valence-electron chi connectivity index (χ2n) is 5.18. The van der Waals surface area contributed by atoms with Crippen LogP contribution in [-0.4, -0.2) is 16.7 Å². The Morgan fingerprint density at radius 2 is 2.25 bits per heavy atom. The van der Waals surface area contributed by atoms with Crippen molar-refractivity contribution in [2.24, 2.45) is 0 Å². The van der Waals surface area contributed by atoms with Gasteiger partial charge in [0.25, 0.3) is 0 Å². The summed E-state index contributed by atoms with van der Waals surface area (Å²) in [5, 5.41) is 5.28. The summed E-state index contributed by atoms with van der Waals surface area (Å²) in [6.45, 7) is 2.98. The Kier molecular flexibility index (Phi) is 2.73. The largest absolute Gasteiger partial charge is 0.361 e. The van der Waals surface area contributed by atoms with Crippen molar-refractivity contribution in [3.63, 3.8) is 0 Å². The molecule has 1 fully saturated rings. The van der Waals surface area contributed by atoms with Crippen molar-refractivity contribution in [3.05, 3.63) is 41.8 Å². The maximum atomic E-state index is 5.23. The van der Waals surface area contributed by atoms with E-state index >= 15 is 0 Å². The monoisotopic (exact) mass is 285 g/mol. The zero-order valence-corrected chi connectivity index (χ0v) is 12.1. The standard InChI is InChI=1S/C15H15N3OS/c1-10-9-12(17-19-10)13-6-4-8-18(13)15-16-11-5-2-3-7-14(11)20-15/h2-3,5,7,9,13H,4,6,8H2,1H3. The van der Waals surface area contributed by atoms with Gasteiger partial charge in [0, 0.05) is 12.6 Å². The molecule has 0 aliphatic carbocycles. The topological polar surface area (TPSA) is 42.2 Å². The molecule has 1 unspecified atom stereocenters. The highest BCUT2D eigenvalue weighted by Crippen LogP contribution is 2.39. The van der Waals surface area contributed by atoms with E-state index in [9.17, 15) is 0 Å². The number of aromatic nitrogens is 2. The smallest absolute Gasteiger partial charge is 0.187 e. The summed E-state index contributed by atoms with van der Waals surface area (Å²) in [6, 6.07) is 10.6. The molecular weight excluding hydrogens is 270 g/mol. The highest BCUT2D eigenvalue weighted by Gasteiger charge is 2.30. The molecule has 0 N–H and O–H groups in total. The Balaban J connectivity index is 1.72. The van der Waals surface area contributed by atoms with Gasteiger partial charge in [0.15, 0.2) is 5.13 Å². The van der Waals surface area contributed by atoms with Crippen molar-refractivity contribution in [1.82, 2.24) is 10.1 Å². The van der Waals surface area contributed by atoms with E-state index in [1.54, 1.807) is 11.3 Å². The fourth-order valence-corrected chi connectivity index (χ4v) is 3.87. The normalized spacial score (nSPS) is 19.1. The summed E-state index contributed by atoms with van der Waals surface area (Å²) >= 11 is 1.76. The summed E-state index contributed by atoms with van der Waals surface area (Å²) in [7, 11) is 0. The molecule has 5 heteroatoms. The van der Waals surface area contributed by atoms with Gasteiger partial charge < -0.3 is 9.42 Å². The second kappa shape index (κ2) is 4.59. The summed E-state index contributed by atoms with van der Waals surface area (Å²) < 4.78 is 6.47. The Bertz CT molecular complexity index is 715. The Morgan fingerprint density at radius 1 is 1.35 bits per heavy atom. The summed E-state index contributed by atoms with van der Waals surface area (Å²) in [4.78, 5) is 7.13. The number of rotatable bonds is 2. The van der Waals surface area contributed by atoms with Crippen LogP contribution in [0.4, 0.5) is 5.13 Å². The van der Waals surface area contributed by atoms with E-state index in [0.29, 0.717) is 6.04 Å². The van der Waals surface area contributed by atoms with Gasteiger partial charge in [0.05, 0.1) is 16.3 Å². The highest BCUT2D eigenvalue weighted by molar-refractivity contribution is 7.22. The molecule has 1 aliphatic heterocycles. The van der Waals surface area contributed by atoms with Gasteiger partial charge in [-0.15, -0.1) is 0 Å². The molecule has 0 amide bonds. The lowest BCUT2D eigenvalue weighted by Crippen LogP contribution is -2.22. The van der Waals surface area contributed by atoms with E-state index in [1.807, 2.05) is 19.1 Å². The Hall–Kier alpha value is -1.88. The fourth-order valence-electron chi connectivity index (χ4n) is 2.83. The third-order valence-electron chi connectivity index (χ3n) is 3.77. The van der Waals surface area contributed by atoms with Crippen LogP contribution < -0.4 is 4.90 Å². The van der Waals surface area contributed by atoms with Crippen molar-refractivity contribution in [2.45, 2.75) is 25.8 Å². The average molecular weight is 285 g/mol. The first kappa shape index (κ1) is 11.9. The molecule has 3 aromatic rings. The number of thiazole rings is 1. The van der Waals surface area contributed by atoms with E-state index in [0.717, 1.165) is 35.1 Å². The van der Waals surface area contributed by atoms with Gasteiger partial charge in [-0.2, -0.15) is 0 Å². The first-order chi connectivity index (χ1) is 9.81. The number of para-hydroxylation sites is 1. The van der Waals surface area contributed by atoms with Crippen LogP contribution in [0.3, 0.4) is 0 Å². The molecule has 3 heterocycles. The molecule has 1 atom stereocenters. The molecule has 0 radical (unpaired) electrons. The lowest BCUT2D eigenvalue weighted by atomic mass is 10.1. The van der Waals surface area contributed by atoms with Gasteiger partial charge in [-0.3, -0.25) is 0 Å². The molecule has 20 heavy (non-hydrogen) atoms. The number of hydrogen-bond acceptors (Lipinski definition) is 5. The van der Waals surface area contributed by atoms with Crippen LogP contribution in [0.2, 0.25) is 0 Å². The van der Waals surface area contributed by atoms with Crippen molar-refractivity contribution in [1.29, 1.82) is 0 Å². The number of hydrogen-bond donors (Lipinski definition) is 0. The third-order valence-corrected chi connectivity index (χ3v) is 4.84. The van der Waals surface area contributed by atoms with Crippen LogP contribution in [0.1, 0.15) is 30.3 Å². The predicted molar refractivity (Wildman–Crippen MR) is 80.2 cm³/mol. The van der Waals surface area contributed by atoms with Gasteiger partial charge in [-0.1, -0.05) is 28.6 Å². The van der Waals surface area contributed by atoms with Crippen molar-refractivity contribution < 1.29 is 4.52 Å². The summed E-state index contributed by atoms with van der Waals surface area (Å²) in [5.41, 5.74) is 2.11. The molecule has 1 aliphatic rings. The van der Waals surface area contributed by atoms with E-state index in [1.165, 1.54) is 11.1 Å². The summed E-state index contributed by atoms with van der Waals surface area (Å²) in [5.74, 6) is 0.871. The minimum Gasteiger partial charge on any atom is -0.361 e. The van der Waals surface area contributed by atoms with Crippen LogP contribution >= 0.6 is 11.3 Å². The molecule has 4 rings (SSSR count). The number of fused-ring (bicyclic) bond motifs is 1. The number of benzene rings is 1. The first-order valence-corrected chi connectivity index (χ1v) is 7.68. The molecule has 4 nitrogen and oxygen atoms in total. The molecule has 0 bridgehead atoms. The molecule has 1 saturated heterocycles. The predicted octanol–water partition coefficient (Wildman–Crippen LogP) is 3.93. The second-order valence-corrected chi connectivity index (χ2v) is 6.19. The first-order valence-electron chi connectivity index (χ1n) is 6.87. The molecule has 2 aromatic heterocycles. The quantitative estimate of drug-likeness (QED) is 0.715. The van der Waals surface area contributed by atoms with Gasteiger partial charge in [0.2, 0.25) is 0 Å². The minimum absolute atomic E-state index is 0.299. The van der Waals surface area contributed by atoms with Crippen molar-refractivity contribution in [3.8, 4) is 0 Å². The number of anilines is 1. The van der Waals surface area contributed by atoms with Gasteiger partial charge >= 0.3 is 0 Å². The van der Waals surface area contributed by atoms with Crippen molar-refractivity contribution >= 4 is 26.7 Å². The number of aryl methyl sites for hydroxylation is 1. The van der Waals surface area contributed by atoms with E-state index < -0.39 is 0 Å². The zero-order valence-electron chi connectivity index (χ0n) is 11.2. The zero-order chi connectivity index (χ0) is 13.5. The fraction of sp³-hybridized carbons (Fsp3) is 0.333. The average Bonchev–Trinajstić information content (AvgIpc) is 3.15. The lowest BCUT2D eigenvalue weighted by molar-refractivity contribution is 0.385. The number of nitrogens with zero attached hydrogens (tertiary/aromatic N) is 3. The van der Waals surface area contributed by atoms with Crippen LogP contribution in [0.15, 0.2) is 34.9 Å². The summed E-state index contributed by atoms with van der Waals surface area (Å²) in [6.07, 6.45) is 2.29. The lowest BCUT2D eigenvalue weighted by Gasteiger charge is -2.21. The van der Waals surface area contributed by atoms with Crippen LogP contribution in [0.25, 0.3) is 10.2 Å². The molecule has 0 saturated carbocycles. The SMILES string of the molecule is Cc1cc(C2CCCN2c2nc3ccccc3s2)no1. The maximum absolute atomic E-state index is 5.23. The van der Waals surface area contributed by atoms with Gasteiger partial charge in [-0.25, -0.2) is 4.98 Å². The molecule has 1 aromatic carbocycles. The third kappa shape index (κ3) is 1.89. The minimum atomic E-state index is 0.299. The van der Waals surface area contributed by atoms with Crippen molar-refractivity contribution in [2.75, 3.05) is 11.4 Å². The van der Waals surface area contributed by atoms with E-state index in [2.05, 4.69) is 28.3 Å². The van der Waals surface area contributed by atoms with E-state index in [4.69, 9.17) is 9.51 Å². The highest BCUT2D eigenvalue weighted by atomic mass is 32.1. The molecule has 102 valence electrons. The molecule has 0 spiro atoms. The maximum Gasteiger partial charge on any atom is 0.187 e.